The summed E-state index contributed by atoms with van der Waals surface area (Å²) in [6.45, 7) is 4.15. The summed E-state index contributed by atoms with van der Waals surface area (Å²) in [7, 11) is 0. The van der Waals surface area contributed by atoms with Gasteiger partial charge in [0.25, 0.3) is 5.69 Å². The Hall–Kier alpha value is -1.99. The summed E-state index contributed by atoms with van der Waals surface area (Å²) in [4.78, 5) is 23.8. The number of aromatic carboxylic acids is 1. The molecule has 1 fully saturated rings. The van der Waals surface area contributed by atoms with Crippen molar-refractivity contribution >= 4 is 11.7 Å². The molecule has 0 amide bonds. The topological polar surface area (TPSA) is 95.7 Å². The molecule has 1 saturated heterocycles. The van der Waals surface area contributed by atoms with Crippen LogP contribution in [0, 0.1) is 10.1 Å². The maximum absolute atomic E-state index is 11.0. The van der Waals surface area contributed by atoms with E-state index in [1.807, 2.05) is 0 Å². The van der Waals surface area contributed by atoms with Crippen LogP contribution in [0.1, 0.15) is 28.8 Å². The van der Waals surface area contributed by atoms with E-state index in [-0.39, 0.29) is 11.3 Å². The zero-order valence-corrected chi connectivity index (χ0v) is 11.7. The third-order valence-electron chi connectivity index (χ3n) is 3.64. The number of nitro benzene ring substituents is 1. The van der Waals surface area contributed by atoms with Crippen molar-refractivity contribution in [2.75, 3.05) is 26.2 Å². The van der Waals surface area contributed by atoms with Gasteiger partial charge in [-0.3, -0.25) is 10.1 Å². The summed E-state index contributed by atoms with van der Waals surface area (Å²) < 4.78 is 0. The largest absolute Gasteiger partial charge is 0.478 e. The first-order chi connectivity index (χ1) is 10.1. The van der Waals surface area contributed by atoms with Crippen LogP contribution in [0.5, 0.6) is 0 Å². The van der Waals surface area contributed by atoms with E-state index in [1.165, 1.54) is 31.0 Å². The van der Waals surface area contributed by atoms with Gasteiger partial charge in [-0.25, -0.2) is 4.79 Å². The van der Waals surface area contributed by atoms with E-state index in [0.29, 0.717) is 12.1 Å². The van der Waals surface area contributed by atoms with E-state index in [9.17, 15) is 14.9 Å². The number of nitrogens with one attached hydrogen (secondary N) is 1. The van der Waals surface area contributed by atoms with Gasteiger partial charge < -0.3 is 15.3 Å². The Bertz CT molecular complexity index is 527. The molecule has 7 nitrogen and oxygen atoms in total. The van der Waals surface area contributed by atoms with Crippen molar-refractivity contribution in [1.29, 1.82) is 0 Å². The lowest BCUT2D eigenvalue weighted by Crippen LogP contribution is -2.29. The van der Waals surface area contributed by atoms with Gasteiger partial charge in [0.2, 0.25) is 0 Å². The Labute approximate surface area is 122 Å². The Morgan fingerprint density at radius 1 is 1.38 bits per heavy atom. The van der Waals surface area contributed by atoms with Crippen LogP contribution in [0.25, 0.3) is 0 Å². The zero-order valence-electron chi connectivity index (χ0n) is 11.7. The number of nitrogens with zero attached hydrogens (tertiary/aromatic N) is 2. The lowest BCUT2D eigenvalue weighted by molar-refractivity contribution is -0.385. The Morgan fingerprint density at radius 2 is 2.10 bits per heavy atom. The van der Waals surface area contributed by atoms with Crippen LogP contribution >= 0.6 is 0 Å². The highest BCUT2D eigenvalue weighted by atomic mass is 16.6. The number of nitro groups is 1. The van der Waals surface area contributed by atoms with Gasteiger partial charge in [0.05, 0.1) is 10.5 Å². The molecule has 0 saturated carbocycles. The van der Waals surface area contributed by atoms with Crippen LogP contribution in [0.4, 0.5) is 5.69 Å². The molecule has 0 aliphatic carbocycles. The number of rotatable bonds is 7. The monoisotopic (exact) mass is 293 g/mol. The Kier molecular flexibility index (Phi) is 5.24. The van der Waals surface area contributed by atoms with Gasteiger partial charge in [0.1, 0.15) is 0 Å². The molecule has 0 atom stereocenters. The average molecular weight is 293 g/mol. The average Bonchev–Trinajstić information content (AvgIpc) is 2.96. The third kappa shape index (κ3) is 4.24. The standard InChI is InChI=1S/C14H19N3O4/c18-14(19)11-3-4-13(17(20)21)12(9-11)10-15-5-8-16-6-1-2-7-16/h3-4,9,15H,1-2,5-8,10H2,(H,18,19). The molecule has 7 heteroatoms. The van der Waals surface area contributed by atoms with Crippen LogP contribution in [0.15, 0.2) is 18.2 Å². The molecule has 0 radical (unpaired) electrons. The molecule has 2 N–H and O–H groups in total. The number of benzene rings is 1. The van der Waals surface area contributed by atoms with Gasteiger partial charge in [-0.1, -0.05) is 0 Å². The van der Waals surface area contributed by atoms with E-state index < -0.39 is 10.9 Å². The molecule has 1 aromatic carbocycles. The fourth-order valence-corrected chi connectivity index (χ4v) is 2.50. The van der Waals surface area contributed by atoms with Gasteiger partial charge in [0, 0.05) is 31.3 Å². The summed E-state index contributed by atoms with van der Waals surface area (Å²) in [6.07, 6.45) is 2.46. The van der Waals surface area contributed by atoms with E-state index in [4.69, 9.17) is 5.11 Å². The highest BCUT2D eigenvalue weighted by Crippen LogP contribution is 2.20. The van der Waals surface area contributed by atoms with Crippen molar-refractivity contribution in [3.8, 4) is 0 Å². The summed E-state index contributed by atoms with van der Waals surface area (Å²) in [5, 5.41) is 23.1. The Morgan fingerprint density at radius 3 is 2.71 bits per heavy atom. The molecule has 21 heavy (non-hydrogen) atoms. The van der Waals surface area contributed by atoms with E-state index in [2.05, 4.69) is 10.2 Å². The van der Waals surface area contributed by atoms with Crippen molar-refractivity contribution in [3.63, 3.8) is 0 Å². The third-order valence-corrected chi connectivity index (χ3v) is 3.64. The minimum Gasteiger partial charge on any atom is -0.478 e. The summed E-state index contributed by atoms with van der Waals surface area (Å²) in [6, 6.07) is 3.87. The molecule has 1 aromatic rings. The van der Waals surface area contributed by atoms with Gasteiger partial charge in [-0.05, 0) is 38.1 Å². The quantitative estimate of drug-likeness (QED) is 0.449. The maximum atomic E-state index is 11.0. The van der Waals surface area contributed by atoms with Crippen molar-refractivity contribution in [2.45, 2.75) is 19.4 Å². The van der Waals surface area contributed by atoms with Crippen molar-refractivity contribution < 1.29 is 14.8 Å². The second kappa shape index (κ2) is 7.14. The van der Waals surface area contributed by atoms with Crippen LogP contribution in [0.2, 0.25) is 0 Å². The SMILES string of the molecule is O=C(O)c1ccc([N+](=O)[O-])c(CNCCN2CCCC2)c1. The fraction of sp³-hybridized carbons (Fsp3) is 0.500. The van der Waals surface area contributed by atoms with Gasteiger partial charge in [-0.2, -0.15) is 0 Å². The molecule has 0 bridgehead atoms. The van der Waals surface area contributed by atoms with E-state index in [0.717, 1.165) is 26.2 Å². The van der Waals surface area contributed by atoms with Crippen LogP contribution in [0.3, 0.4) is 0 Å². The molecule has 0 spiro atoms. The first-order valence-electron chi connectivity index (χ1n) is 7.01. The van der Waals surface area contributed by atoms with E-state index >= 15 is 0 Å². The van der Waals surface area contributed by atoms with Gasteiger partial charge in [-0.15, -0.1) is 0 Å². The number of likely N-dealkylation sites (tertiary alicyclic amines) is 1. The molecule has 114 valence electrons. The number of hydrogen-bond acceptors (Lipinski definition) is 5. The van der Waals surface area contributed by atoms with Crippen LogP contribution in [-0.2, 0) is 6.54 Å². The predicted octanol–water partition coefficient (Wildman–Crippen LogP) is 1.48. The second-order valence-electron chi connectivity index (χ2n) is 5.13. The minimum absolute atomic E-state index is 0.0475. The highest BCUT2D eigenvalue weighted by Gasteiger charge is 2.16. The molecule has 0 unspecified atom stereocenters. The first kappa shape index (κ1) is 15.4. The number of carbonyl (C=O) groups is 1. The lowest BCUT2D eigenvalue weighted by atomic mass is 10.1. The van der Waals surface area contributed by atoms with Gasteiger partial charge in [0.15, 0.2) is 0 Å². The second-order valence-corrected chi connectivity index (χ2v) is 5.13. The fourth-order valence-electron chi connectivity index (χ4n) is 2.50. The van der Waals surface area contributed by atoms with Crippen molar-refractivity contribution in [1.82, 2.24) is 10.2 Å². The predicted molar refractivity (Wildman–Crippen MR) is 77.4 cm³/mol. The molecular weight excluding hydrogens is 274 g/mol. The normalized spacial score (nSPS) is 15.2. The summed E-state index contributed by atoms with van der Waals surface area (Å²) in [5.74, 6) is -1.08. The van der Waals surface area contributed by atoms with Crippen LogP contribution < -0.4 is 5.32 Å². The smallest absolute Gasteiger partial charge is 0.335 e. The minimum atomic E-state index is -1.08. The molecule has 0 aromatic heterocycles. The van der Waals surface area contributed by atoms with Crippen molar-refractivity contribution in [2.24, 2.45) is 0 Å². The molecule has 2 rings (SSSR count). The number of hydrogen-bond donors (Lipinski definition) is 2. The molecular formula is C14H19N3O4. The molecule has 1 aliphatic rings. The van der Waals surface area contributed by atoms with Crippen molar-refractivity contribution in [3.05, 3.63) is 39.4 Å². The van der Waals surface area contributed by atoms with Gasteiger partial charge >= 0.3 is 5.97 Å². The number of carboxylic acid groups (broad SMARTS) is 1. The molecule has 1 aliphatic heterocycles. The number of carboxylic acids is 1. The summed E-state index contributed by atoms with van der Waals surface area (Å²) in [5.41, 5.74) is 0.423. The molecule has 1 heterocycles. The first-order valence-corrected chi connectivity index (χ1v) is 7.01. The maximum Gasteiger partial charge on any atom is 0.335 e. The summed E-state index contributed by atoms with van der Waals surface area (Å²) >= 11 is 0. The Balaban J connectivity index is 1.94. The lowest BCUT2D eigenvalue weighted by Gasteiger charge is -2.14. The highest BCUT2D eigenvalue weighted by molar-refractivity contribution is 5.88. The zero-order chi connectivity index (χ0) is 15.2. The van der Waals surface area contributed by atoms with E-state index in [1.54, 1.807) is 0 Å². The van der Waals surface area contributed by atoms with Crippen LogP contribution in [-0.4, -0.2) is 47.1 Å².